The molecule has 0 aromatic heterocycles. The van der Waals surface area contributed by atoms with Crippen LogP contribution in [0.4, 0.5) is 0 Å². The number of benzene rings is 1. The van der Waals surface area contributed by atoms with E-state index < -0.39 is 0 Å². The highest BCUT2D eigenvalue weighted by Gasteiger charge is 2.07. The van der Waals surface area contributed by atoms with E-state index in [0.29, 0.717) is 11.8 Å². The van der Waals surface area contributed by atoms with Crippen molar-refractivity contribution in [1.29, 1.82) is 0 Å². The summed E-state index contributed by atoms with van der Waals surface area (Å²) in [6.45, 7) is 12.3. The minimum absolute atomic E-state index is 0.654. The molecular formula is C18H29O2. The lowest BCUT2D eigenvalue weighted by molar-refractivity contribution is 0.246. The first-order valence-electron chi connectivity index (χ1n) is 7.72. The van der Waals surface area contributed by atoms with Gasteiger partial charge in [-0.3, -0.25) is 0 Å². The van der Waals surface area contributed by atoms with Crippen molar-refractivity contribution in [2.75, 3.05) is 13.2 Å². The largest absolute Gasteiger partial charge is 0.490 e. The summed E-state index contributed by atoms with van der Waals surface area (Å²) in [5.41, 5.74) is 1.17. The molecule has 1 radical (unpaired) electrons. The van der Waals surface area contributed by atoms with Crippen molar-refractivity contribution in [3.05, 3.63) is 30.2 Å². The molecule has 0 bridgehead atoms. The molecule has 0 spiro atoms. The number of hydrogen-bond acceptors (Lipinski definition) is 2. The van der Waals surface area contributed by atoms with Crippen LogP contribution in [0.3, 0.4) is 0 Å². The third-order valence-electron chi connectivity index (χ3n) is 3.21. The van der Waals surface area contributed by atoms with Gasteiger partial charge in [-0.05, 0) is 48.8 Å². The molecule has 20 heavy (non-hydrogen) atoms. The standard InChI is InChI=1S/C18H29O2/c1-6-16-7-8-17(19-11-9-14(2)3)18(13-16)20-12-10-15(4)5/h6-8,13-15H,9-12H2,1-5H3. The Bertz CT molecular complexity index is 383. The van der Waals surface area contributed by atoms with E-state index in [1.54, 1.807) is 0 Å². The highest BCUT2D eigenvalue weighted by Crippen LogP contribution is 2.29. The van der Waals surface area contributed by atoms with E-state index >= 15 is 0 Å². The first kappa shape index (κ1) is 16.9. The zero-order valence-corrected chi connectivity index (χ0v) is 13.6. The van der Waals surface area contributed by atoms with Gasteiger partial charge in [0.2, 0.25) is 0 Å². The topological polar surface area (TPSA) is 18.5 Å². The lowest BCUT2D eigenvalue weighted by atomic mass is 10.1. The first-order chi connectivity index (χ1) is 9.52. The molecule has 0 unspecified atom stereocenters. The smallest absolute Gasteiger partial charge is 0.161 e. The summed E-state index contributed by atoms with van der Waals surface area (Å²) in [6, 6.07) is 6.14. The normalized spacial score (nSPS) is 11.2. The number of ether oxygens (including phenoxy) is 2. The Labute approximate surface area is 124 Å². The van der Waals surface area contributed by atoms with Gasteiger partial charge in [-0.15, -0.1) is 0 Å². The van der Waals surface area contributed by atoms with Crippen LogP contribution in [0.5, 0.6) is 11.5 Å². The monoisotopic (exact) mass is 277 g/mol. The number of rotatable bonds is 9. The fourth-order valence-corrected chi connectivity index (χ4v) is 1.75. The molecule has 1 aromatic rings. The van der Waals surface area contributed by atoms with Crippen molar-refractivity contribution in [2.45, 2.75) is 47.5 Å². The molecule has 0 aliphatic rings. The molecule has 0 saturated carbocycles. The summed E-state index contributed by atoms with van der Waals surface area (Å²) < 4.78 is 11.8. The second-order valence-corrected chi connectivity index (χ2v) is 6.06. The Balaban J connectivity index is 2.65. The molecule has 1 aromatic carbocycles. The molecule has 0 saturated heterocycles. The van der Waals surface area contributed by atoms with Gasteiger partial charge in [-0.25, -0.2) is 0 Å². The Morgan fingerprint density at radius 2 is 1.45 bits per heavy atom. The molecule has 0 amide bonds. The zero-order chi connectivity index (χ0) is 15.0. The van der Waals surface area contributed by atoms with E-state index in [2.05, 4.69) is 46.2 Å². The van der Waals surface area contributed by atoms with Gasteiger partial charge < -0.3 is 9.47 Å². The SMILES string of the molecule is C[CH]c1ccc(OCCC(C)C)c(OCCC(C)C)c1. The molecule has 0 atom stereocenters. The van der Waals surface area contributed by atoms with Gasteiger partial charge in [-0.1, -0.05) is 40.7 Å². The van der Waals surface area contributed by atoms with E-state index in [4.69, 9.17) is 9.47 Å². The Morgan fingerprint density at radius 1 is 0.900 bits per heavy atom. The second-order valence-electron chi connectivity index (χ2n) is 6.06. The summed E-state index contributed by atoms with van der Waals surface area (Å²) in [5.74, 6) is 3.04. The molecular weight excluding hydrogens is 248 g/mol. The van der Waals surface area contributed by atoms with Crippen LogP contribution in [0.15, 0.2) is 18.2 Å². The van der Waals surface area contributed by atoms with Crippen LogP contribution in [0.25, 0.3) is 0 Å². The van der Waals surface area contributed by atoms with Crippen LogP contribution in [0.2, 0.25) is 0 Å². The quantitative estimate of drug-likeness (QED) is 0.624. The van der Waals surface area contributed by atoms with Crippen LogP contribution in [-0.4, -0.2) is 13.2 Å². The maximum Gasteiger partial charge on any atom is 0.161 e. The molecule has 0 heterocycles. The van der Waals surface area contributed by atoms with Gasteiger partial charge in [0.25, 0.3) is 0 Å². The van der Waals surface area contributed by atoms with Crippen LogP contribution in [0, 0.1) is 18.3 Å². The molecule has 0 fully saturated rings. The summed E-state index contributed by atoms with van der Waals surface area (Å²) in [6.07, 6.45) is 4.20. The van der Waals surface area contributed by atoms with E-state index in [0.717, 1.165) is 37.6 Å². The van der Waals surface area contributed by atoms with Crippen molar-refractivity contribution in [1.82, 2.24) is 0 Å². The maximum atomic E-state index is 5.90. The third-order valence-corrected chi connectivity index (χ3v) is 3.21. The molecule has 2 heteroatoms. The molecule has 113 valence electrons. The predicted octanol–water partition coefficient (Wildman–Crippen LogP) is 5.11. The Hall–Kier alpha value is -1.18. The molecule has 1 rings (SSSR count). The second kappa shape index (κ2) is 8.89. The van der Waals surface area contributed by atoms with Gasteiger partial charge in [0.15, 0.2) is 11.5 Å². The lowest BCUT2D eigenvalue weighted by Crippen LogP contribution is -2.06. The van der Waals surface area contributed by atoms with Crippen LogP contribution >= 0.6 is 0 Å². The summed E-state index contributed by atoms with van der Waals surface area (Å²) >= 11 is 0. The first-order valence-corrected chi connectivity index (χ1v) is 7.72. The minimum Gasteiger partial charge on any atom is -0.490 e. The zero-order valence-electron chi connectivity index (χ0n) is 13.6. The Morgan fingerprint density at radius 3 is 1.95 bits per heavy atom. The van der Waals surface area contributed by atoms with Gasteiger partial charge >= 0.3 is 0 Å². The highest BCUT2D eigenvalue weighted by atomic mass is 16.5. The van der Waals surface area contributed by atoms with Crippen molar-refractivity contribution in [3.63, 3.8) is 0 Å². The van der Waals surface area contributed by atoms with Gasteiger partial charge in [0.1, 0.15) is 0 Å². The van der Waals surface area contributed by atoms with E-state index in [-0.39, 0.29) is 0 Å². The summed E-state index contributed by atoms with van der Waals surface area (Å²) in [5, 5.41) is 0. The molecule has 0 aliphatic carbocycles. The fraction of sp³-hybridized carbons (Fsp3) is 0.611. The van der Waals surface area contributed by atoms with E-state index in [1.807, 2.05) is 13.0 Å². The van der Waals surface area contributed by atoms with E-state index in [9.17, 15) is 0 Å². The molecule has 0 aliphatic heterocycles. The predicted molar refractivity (Wildman–Crippen MR) is 85.4 cm³/mol. The molecule has 0 N–H and O–H groups in total. The van der Waals surface area contributed by atoms with E-state index in [1.165, 1.54) is 5.56 Å². The van der Waals surface area contributed by atoms with Crippen molar-refractivity contribution >= 4 is 0 Å². The van der Waals surface area contributed by atoms with Gasteiger partial charge in [-0.2, -0.15) is 0 Å². The fourth-order valence-electron chi connectivity index (χ4n) is 1.75. The summed E-state index contributed by atoms with van der Waals surface area (Å²) in [4.78, 5) is 0. The number of hydrogen-bond donors (Lipinski definition) is 0. The van der Waals surface area contributed by atoms with Crippen LogP contribution in [0.1, 0.15) is 53.0 Å². The van der Waals surface area contributed by atoms with Crippen molar-refractivity contribution in [2.24, 2.45) is 11.8 Å². The average molecular weight is 277 g/mol. The van der Waals surface area contributed by atoms with Crippen molar-refractivity contribution in [3.8, 4) is 11.5 Å². The highest BCUT2D eigenvalue weighted by molar-refractivity contribution is 5.44. The maximum absolute atomic E-state index is 5.90. The Kier molecular flexibility index (Phi) is 7.50. The van der Waals surface area contributed by atoms with Gasteiger partial charge in [0, 0.05) is 0 Å². The van der Waals surface area contributed by atoms with Gasteiger partial charge in [0.05, 0.1) is 13.2 Å². The van der Waals surface area contributed by atoms with Crippen molar-refractivity contribution < 1.29 is 9.47 Å². The van der Waals surface area contributed by atoms with Crippen LogP contribution < -0.4 is 9.47 Å². The minimum atomic E-state index is 0.654. The summed E-state index contributed by atoms with van der Waals surface area (Å²) in [7, 11) is 0. The third kappa shape index (κ3) is 6.31. The van der Waals surface area contributed by atoms with Crippen LogP contribution in [-0.2, 0) is 0 Å². The molecule has 2 nitrogen and oxygen atoms in total. The average Bonchev–Trinajstić information content (AvgIpc) is 2.39. The lowest BCUT2D eigenvalue weighted by Gasteiger charge is -2.15.